The van der Waals surface area contributed by atoms with Crippen LogP contribution in [0.2, 0.25) is 0 Å². The Kier molecular flexibility index (Phi) is 4.72. The number of pyridine rings is 1. The average Bonchev–Trinajstić information content (AvgIpc) is 2.94. The number of nitrogens with zero attached hydrogens (tertiary/aromatic N) is 3. The summed E-state index contributed by atoms with van der Waals surface area (Å²) in [6.45, 7) is 1.79. The first kappa shape index (κ1) is 18.6. The standard InChI is InChI=1S/C17H16FN5O3S/c1-10(5-7-19)23-13-6-8-20-17(24)15(13)16(22-23)21-11-3-4-14(12(18)9-11)27(2,25)26/h3-4,6,8-10H,5H2,1-2H3,(H,20,24)(H,21,22)/t10-/m1/s1. The summed E-state index contributed by atoms with van der Waals surface area (Å²) in [6.07, 6.45) is 2.59. The Hall–Kier alpha value is -3.19. The minimum Gasteiger partial charge on any atom is -0.338 e. The Bertz CT molecular complexity index is 1220. The zero-order chi connectivity index (χ0) is 19.8. The lowest BCUT2D eigenvalue weighted by Gasteiger charge is -2.09. The molecule has 2 aromatic heterocycles. The van der Waals surface area contributed by atoms with Gasteiger partial charge in [0.25, 0.3) is 5.56 Å². The number of benzene rings is 1. The maximum absolute atomic E-state index is 14.1. The number of rotatable bonds is 5. The summed E-state index contributed by atoms with van der Waals surface area (Å²) in [6, 6.07) is 7.00. The highest BCUT2D eigenvalue weighted by Gasteiger charge is 2.19. The minimum absolute atomic E-state index is 0.183. The van der Waals surface area contributed by atoms with Crippen LogP contribution in [0, 0.1) is 17.1 Å². The van der Waals surface area contributed by atoms with Gasteiger partial charge in [-0.25, -0.2) is 12.8 Å². The Morgan fingerprint density at radius 3 is 2.78 bits per heavy atom. The molecule has 1 aromatic carbocycles. The number of aromatic amines is 1. The lowest BCUT2D eigenvalue weighted by Crippen LogP contribution is -2.08. The van der Waals surface area contributed by atoms with Gasteiger partial charge in [0.15, 0.2) is 15.7 Å². The first-order valence-corrected chi connectivity index (χ1v) is 9.85. The third kappa shape index (κ3) is 3.54. The van der Waals surface area contributed by atoms with Crippen LogP contribution < -0.4 is 10.9 Å². The number of hydrogen-bond acceptors (Lipinski definition) is 6. The molecule has 0 spiro atoms. The third-order valence-electron chi connectivity index (χ3n) is 4.03. The molecule has 2 N–H and O–H groups in total. The molecule has 0 saturated carbocycles. The fourth-order valence-electron chi connectivity index (χ4n) is 2.76. The number of halogens is 1. The Balaban J connectivity index is 2.09. The highest BCUT2D eigenvalue weighted by molar-refractivity contribution is 7.90. The summed E-state index contributed by atoms with van der Waals surface area (Å²) < 4.78 is 38.7. The van der Waals surface area contributed by atoms with Crippen molar-refractivity contribution in [3.05, 3.63) is 46.6 Å². The monoisotopic (exact) mass is 389 g/mol. The summed E-state index contributed by atoms with van der Waals surface area (Å²) in [7, 11) is -3.69. The number of aromatic nitrogens is 3. The summed E-state index contributed by atoms with van der Waals surface area (Å²) in [5.41, 5.74) is 0.374. The van der Waals surface area contributed by atoms with Crippen molar-refractivity contribution in [2.45, 2.75) is 24.3 Å². The van der Waals surface area contributed by atoms with Crippen molar-refractivity contribution in [2.24, 2.45) is 0 Å². The second-order valence-corrected chi connectivity index (χ2v) is 8.10. The van der Waals surface area contributed by atoms with Gasteiger partial charge in [-0.05, 0) is 31.2 Å². The zero-order valence-electron chi connectivity index (χ0n) is 14.5. The van der Waals surface area contributed by atoms with E-state index in [9.17, 15) is 17.6 Å². The predicted octanol–water partition coefficient (Wildman–Crippen LogP) is 2.49. The molecule has 10 heteroatoms. The van der Waals surface area contributed by atoms with Crippen molar-refractivity contribution in [1.29, 1.82) is 5.26 Å². The molecule has 0 aliphatic carbocycles. The van der Waals surface area contributed by atoms with E-state index < -0.39 is 26.1 Å². The molecule has 0 unspecified atom stereocenters. The van der Waals surface area contributed by atoms with E-state index in [0.717, 1.165) is 18.4 Å². The topological polar surface area (TPSA) is 121 Å². The molecule has 0 fully saturated rings. The van der Waals surface area contributed by atoms with Crippen LogP contribution in [0.25, 0.3) is 10.9 Å². The third-order valence-corrected chi connectivity index (χ3v) is 5.16. The molecule has 0 radical (unpaired) electrons. The van der Waals surface area contributed by atoms with Gasteiger partial charge in [-0.2, -0.15) is 10.4 Å². The van der Waals surface area contributed by atoms with E-state index in [1.54, 1.807) is 17.7 Å². The van der Waals surface area contributed by atoms with E-state index in [1.807, 2.05) is 0 Å². The first-order valence-electron chi connectivity index (χ1n) is 7.96. The van der Waals surface area contributed by atoms with Gasteiger partial charge in [0.2, 0.25) is 0 Å². The van der Waals surface area contributed by atoms with Gasteiger partial charge in [0.1, 0.15) is 16.1 Å². The van der Waals surface area contributed by atoms with Gasteiger partial charge < -0.3 is 10.3 Å². The second kappa shape index (κ2) is 6.85. The van der Waals surface area contributed by atoms with Gasteiger partial charge in [-0.1, -0.05) is 0 Å². The molecule has 3 aromatic rings. The summed E-state index contributed by atoms with van der Waals surface area (Å²) in [5, 5.41) is 16.4. The van der Waals surface area contributed by atoms with Crippen LogP contribution in [-0.4, -0.2) is 29.4 Å². The van der Waals surface area contributed by atoms with Crippen LogP contribution >= 0.6 is 0 Å². The molecule has 27 heavy (non-hydrogen) atoms. The van der Waals surface area contributed by atoms with Crippen LogP contribution in [-0.2, 0) is 9.84 Å². The average molecular weight is 389 g/mol. The Labute approximate surface area is 154 Å². The molecule has 0 saturated heterocycles. The minimum atomic E-state index is -3.69. The normalized spacial score (nSPS) is 12.7. The van der Waals surface area contributed by atoms with Gasteiger partial charge in [0.05, 0.1) is 24.0 Å². The number of fused-ring (bicyclic) bond motifs is 1. The number of hydrogen-bond donors (Lipinski definition) is 2. The molecule has 140 valence electrons. The molecule has 1 atom stereocenters. The van der Waals surface area contributed by atoms with Gasteiger partial charge >= 0.3 is 0 Å². The molecule has 0 amide bonds. The smallest absolute Gasteiger partial charge is 0.261 e. The van der Waals surface area contributed by atoms with Crippen molar-refractivity contribution < 1.29 is 12.8 Å². The van der Waals surface area contributed by atoms with Crippen molar-refractivity contribution in [3.8, 4) is 6.07 Å². The number of nitrogens with one attached hydrogen (secondary N) is 2. The SMILES string of the molecule is C[C@H](CC#N)n1nc(Nc2ccc(S(C)(=O)=O)c(F)c2)c2c(=O)[nH]ccc21. The van der Waals surface area contributed by atoms with Crippen LogP contribution in [0.15, 0.2) is 40.2 Å². The number of anilines is 2. The predicted molar refractivity (Wildman–Crippen MR) is 98.1 cm³/mol. The molecule has 0 aliphatic rings. The maximum Gasteiger partial charge on any atom is 0.261 e. The molecule has 0 bridgehead atoms. The van der Waals surface area contributed by atoms with Crippen LogP contribution in [0.4, 0.5) is 15.9 Å². The number of H-pyrrole nitrogens is 1. The summed E-state index contributed by atoms with van der Waals surface area (Å²) in [5.74, 6) is -0.721. The van der Waals surface area contributed by atoms with E-state index in [0.29, 0.717) is 5.52 Å². The second-order valence-electron chi connectivity index (χ2n) is 6.11. The Morgan fingerprint density at radius 2 is 2.15 bits per heavy atom. The van der Waals surface area contributed by atoms with Crippen molar-refractivity contribution in [1.82, 2.24) is 14.8 Å². The molecular weight excluding hydrogens is 373 g/mol. The molecule has 2 heterocycles. The van der Waals surface area contributed by atoms with E-state index in [-0.39, 0.29) is 29.4 Å². The highest BCUT2D eigenvalue weighted by atomic mass is 32.2. The van der Waals surface area contributed by atoms with E-state index in [2.05, 4.69) is 21.5 Å². The van der Waals surface area contributed by atoms with Gasteiger partial charge in [-0.15, -0.1) is 0 Å². The number of sulfone groups is 1. The van der Waals surface area contributed by atoms with Crippen LogP contribution in [0.5, 0.6) is 0 Å². The fraction of sp³-hybridized carbons (Fsp3) is 0.235. The van der Waals surface area contributed by atoms with E-state index >= 15 is 0 Å². The number of nitriles is 1. The largest absolute Gasteiger partial charge is 0.338 e. The fourth-order valence-corrected chi connectivity index (χ4v) is 3.49. The quantitative estimate of drug-likeness (QED) is 0.692. The zero-order valence-corrected chi connectivity index (χ0v) is 15.3. The van der Waals surface area contributed by atoms with Crippen LogP contribution in [0.3, 0.4) is 0 Å². The lowest BCUT2D eigenvalue weighted by molar-refractivity contribution is 0.518. The summed E-state index contributed by atoms with van der Waals surface area (Å²) in [4.78, 5) is 14.4. The molecular formula is C17H16FN5O3S. The molecule has 0 aliphatic heterocycles. The van der Waals surface area contributed by atoms with Crippen molar-refractivity contribution in [3.63, 3.8) is 0 Å². The molecule has 8 nitrogen and oxygen atoms in total. The van der Waals surface area contributed by atoms with Crippen molar-refractivity contribution in [2.75, 3.05) is 11.6 Å². The van der Waals surface area contributed by atoms with E-state index in [4.69, 9.17) is 5.26 Å². The van der Waals surface area contributed by atoms with E-state index in [1.165, 1.54) is 12.3 Å². The highest BCUT2D eigenvalue weighted by Crippen LogP contribution is 2.27. The Morgan fingerprint density at radius 1 is 1.41 bits per heavy atom. The van der Waals surface area contributed by atoms with Gasteiger partial charge in [0, 0.05) is 18.1 Å². The van der Waals surface area contributed by atoms with Gasteiger partial charge in [-0.3, -0.25) is 9.48 Å². The lowest BCUT2D eigenvalue weighted by atomic mass is 10.2. The first-order chi connectivity index (χ1) is 12.7. The maximum atomic E-state index is 14.1. The summed E-state index contributed by atoms with van der Waals surface area (Å²) >= 11 is 0. The van der Waals surface area contributed by atoms with Crippen LogP contribution in [0.1, 0.15) is 19.4 Å². The molecule has 3 rings (SSSR count). The van der Waals surface area contributed by atoms with Crippen molar-refractivity contribution >= 4 is 32.2 Å².